The van der Waals surface area contributed by atoms with Crippen LogP contribution in [0.3, 0.4) is 0 Å². The molecule has 0 aliphatic heterocycles. The summed E-state index contributed by atoms with van der Waals surface area (Å²) in [6, 6.07) is 24.6. The number of hydrogen-bond acceptors (Lipinski definition) is 7. The van der Waals surface area contributed by atoms with Crippen molar-refractivity contribution in [2.45, 2.75) is 9.50 Å². The van der Waals surface area contributed by atoms with E-state index in [0.29, 0.717) is 21.5 Å². The molecule has 1 N–H and O–H groups in total. The molecule has 0 unspecified atom stereocenters. The number of rotatable bonds is 6. The molecule has 1 amide bonds. The lowest BCUT2D eigenvalue weighted by molar-refractivity contribution is 0.102. The van der Waals surface area contributed by atoms with E-state index in [9.17, 15) is 4.79 Å². The maximum absolute atomic E-state index is 12.4. The van der Waals surface area contributed by atoms with E-state index in [0.717, 1.165) is 15.7 Å². The Hall–Kier alpha value is -3.82. The Bertz CT molecular complexity index is 1340. The van der Waals surface area contributed by atoms with E-state index in [1.807, 2.05) is 71.3 Å². The Morgan fingerprint density at radius 1 is 0.875 bits per heavy atom. The summed E-state index contributed by atoms with van der Waals surface area (Å²) in [4.78, 5) is 21.3. The average molecular weight is 457 g/mol. The molecule has 7 nitrogen and oxygen atoms in total. The van der Waals surface area contributed by atoms with E-state index in [2.05, 4.69) is 25.5 Å². The first-order valence-corrected chi connectivity index (χ1v) is 11.3. The molecule has 0 saturated carbocycles. The minimum Gasteiger partial charge on any atom is -0.312 e. The molecule has 0 bridgehead atoms. The van der Waals surface area contributed by atoms with Crippen molar-refractivity contribution >= 4 is 34.0 Å². The first-order valence-electron chi connectivity index (χ1n) is 9.70. The molecule has 0 fully saturated rings. The van der Waals surface area contributed by atoms with Gasteiger partial charge in [0.15, 0.2) is 10.2 Å². The fourth-order valence-electron chi connectivity index (χ4n) is 3.02. The fraction of sp³-hybridized carbons (Fsp3) is 0. The third-order valence-electron chi connectivity index (χ3n) is 4.48. The van der Waals surface area contributed by atoms with Crippen LogP contribution >= 0.6 is 23.1 Å². The highest BCUT2D eigenvalue weighted by Crippen LogP contribution is 2.35. The van der Waals surface area contributed by atoms with Crippen molar-refractivity contribution in [2.75, 3.05) is 5.32 Å². The second kappa shape index (κ2) is 9.13. The molecular formula is C23H16N6OS2. The molecular weight excluding hydrogens is 440 g/mol. The first-order chi connectivity index (χ1) is 15.8. The number of nitrogens with one attached hydrogen (secondary N) is 1. The van der Waals surface area contributed by atoms with Gasteiger partial charge >= 0.3 is 0 Å². The van der Waals surface area contributed by atoms with Crippen molar-refractivity contribution < 1.29 is 4.79 Å². The maximum atomic E-state index is 12.4. The first kappa shape index (κ1) is 20.1. The molecule has 5 rings (SSSR count). The molecule has 0 aliphatic carbocycles. The summed E-state index contributed by atoms with van der Waals surface area (Å²) in [7, 11) is 0. The van der Waals surface area contributed by atoms with Crippen molar-refractivity contribution in [2.24, 2.45) is 0 Å². The van der Waals surface area contributed by atoms with E-state index in [1.54, 1.807) is 24.5 Å². The van der Waals surface area contributed by atoms with Crippen LogP contribution in [0.4, 0.5) is 5.00 Å². The lowest BCUT2D eigenvalue weighted by Crippen LogP contribution is -2.10. The van der Waals surface area contributed by atoms with Gasteiger partial charge in [-0.25, -0.2) is 4.98 Å². The van der Waals surface area contributed by atoms with Gasteiger partial charge in [-0.2, -0.15) is 0 Å². The number of para-hydroxylation sites is 1. The monoisotopic (exact) mass is 456 g/mol. The summed E-state index contributed by atoms with van der Waals surface area (Å²) >= 11 is 2.77. The van der Waals surface area contributed by atoms with Crippen LogP contribution in [0.15, 0.2) is 101 Å². The van der Waals surface area contributed by atoms with Crippen LogP contribution in [0.2, 0.25) is 0 Å². The molecule has 0 radical (unpaired) electrons. The van der Waals surface area contributed by atoms with Gasteiger partial charge in [0.05, 0.1) is 6.20 Å². The maximum Gasteiger partial charge on any atom is 0.256 e. The number of hydrogen-bond donors (Lipinski definition) is 1. The quantitative estimate of drug-likeness (QED) is 0.378. The highest BCUT2D eigenvalue weighted by molar-refractivity contribution is 8.01. The van der Waals surface area contributed by atoms with Crippen LogP contribution < -0.4 is 5.32 Å². The smallest absolute Gasteiger partial charge is 0.256 e. The number of carbonyl (C=O) groups is 1. The number of thiazole rings is 1. The standard InChI is InChI=1S/C23H16N6OS2/c30-21(16-9-3-1-4-10-16)26-19-15-25-23(31-19)32-22-28-27-20(18-13-7-8-14-24-18)29(22)17-11-5-2-6-12-17/h1-15H,(H,26,30). The third-order valence-corrected chi connectivity index (χ3v) is 6.41. The number of nitrogens with zero attached hydrogens (tertiary/aromatic N) is 5. The SMILES string of the molecule is O=C(Nc1cnc(Sc2nnc(-c3ccccn3)n2-c2ccccc2)s1)c1ccccc1. The topological polar surface area (TPSA) is 85.6 Å². The van der Waals surface area contributed by atoms with Gasteiger partial charge in [-0.15, -0.1) is 10.2 Å². The van der Waals surface area contributed by atoms with Crippen molar-refractivity contribution in [3.63, 3.8) is 0 Å². The zero-order chi connectivity index (χ0) is 21.8. The van der Waals surface area contributed by atoms with Gasteiger partial charge in [-0.1, -0.05) is 53.8 Å². The predicted molar refractivity (Wildman–Crippen MR) is 125 cm³/mol. The van der Waals surface area contributed by atoms with Crippen molar-refractivity contribution in [1.29, 1.82) is 0 Å². The molecule has 9 heteroatoms. The Morgan fingerprint density at radius 2 is 1.62 bits per heavy atom. The molecule has 156 valence electrons. The van der Waals surface area contributed by atoms with Gasteiger partial charge in [0.25, 0.3) is 5.91 Å². The van der Waals surface area contributed by atoms with Crippen molar-refractivity contribution in [3.05, 3.63) is 96.8 Å². The van der Waals surface area contributed by atoms with Gasteiger partial charge < -0.3 is 5.32 Å². The van der Waals surface area contributed by atoms with Crippen LogP contribution in [-0.2, 0) is 0 Å². The van der Waals surface area contributed by atoms with E-state index >= 15 is 0 Å². The summed E-state index contributed by atoms with van der Waals surface area (Å²) < 4.78 is 2.70. The largest absolute Gasteiger partial charge is 0.312 e. The van der Waals surface area contributed by atoms with Crippen molar-refractivity contribution in [1.82, 2.24) is 24.7 Å². The Labute approximate surface area is 192 Å². The highest BCUT2D eigenvalue weighted by atomic mass is 32.2. The molecule has 2 aromatic carbocycles. The fourth-order valence-corrected chi connectivity index (χ4v) is 4.85. The molecule has 3 heterocycles. The Morgan fingerprint density at radius 3 is 2.38 bits per heavy atom. The molecule has 0 aliphatic rings. The summed E-state index contributed by atoms with van der Waals surface area (Å²) in [6.07, 6.45) is 3.38. The molecule has 5 aromatic rings. The summed E-state index contributed by atoms with van der Waals surface area (Å²) in [5.74, 6) is 0.476. The average Bonchev–Trinajstić information content (AvgIpc) is 3.48. The van der Waals surface area contributed by atoms with Crippen LogP contribution in [0.25, 0.3) is 17.2 Å². The van der Waals surface area contributed by atoms with Crippen LogP contribution in [0, 0.1) is 0 Å². The minimum atomic E-state index is -0.171. The van der Waals surface area contributed by atoms with E-state index in [1.165, 1.54) is 23.1 Å². The summed E-state index contributed by atoms with van der Waals surface area (Å²) in [5.41, 5.74) is 2.25. The Balaban J connectivity index is 1.43. The van der Waals surface area contributed by atoms with Gasteiger partial charge in [-0.3, -0.25) is 14.3 Å². The number of carbonyl (C=O) groups excluding carboxylic acids is 1. The molecule has 3 aromatic heterocycles. The van der Waals surface area contributed by atoms with E-state index in [-0.39, 0.29) is 5.91 Å². The zero-order valence-electron chi connectivity index (χ0n) is 16.6. The lowest BCUT2D eigenvalue weighted by atomic mass is 10.2. The zero-order valence-corrected chi connectivity index (χ0v) is 18.3. The molecule has 0 atom stereocenters. The summed E-state index contributed by atoms with van der Waals surface area (Å²) in [5, 5.41) is 13.0. The molecule has 32 heavy (non-hydrogen) atoms. The van der Waals surface area contributed by atoms with Crippen LogP contribution in [0.5, 0.6) is 0 Å². The number of pyridine rings is 1. The van der Waals surface area contributed by atoms with Crippen LogP contribution in [-0.4, -0.2) is 30.6 Å². The summed E-state index contributed by atoms with van der Waals surface area (Å²) in [6.45, 7) is 0. The third kappa shape index (κ3) is 4.29. The van der Waals surface area contributed by atoms with E-state index < -0.39 is 0 Å². The predicted octanol–water partition coefficient (Wildman–Crippen LogP) is 5.19. The molecule has 0 saturated heterocycles. The number of amides is 1. The number of aromatic nitrogens is 5. The van der Waals surface area contributed by atoms with Gasteiger partial charge in [-0.05, 0) is 48.2 Å². The van der Waals surface area contributed by atoms with E-state index in [4.69, 9.17) is 0 Å². The van der Waals surface area contributed by atoms with Crippen LogP contribution in [0.1, 0.15) is 10.4 Å². The second-order valence-electron chi connectivity index (χ2n) is 6.60. The van der Waals surface area contributed by atoms with Crippen molar-refractivity contribution in [3.8, 4) is 17.2 Å². The lowest BCUT2D eigenvalue weighted by Gasteiger charge is -2.08. The minimum absolute atomic E-state index is 0.171. The number of anilines is 1. The Kier molecular flexibility index (Phi) is 5.73. The highest BCUT2D eigenvalue weighted by Gasteiger charge is 2.19. The van der Waals surface area contributed by atoms with Gasteiger partial charge in [0.2, 0.25) is 5.16 Å². The second-order valence-corrected chi connectivity index (χ2v) is 8.85. The van der Waals surface area contributed by atoms with Gasteiger partial charge in [0, 0.05) is 17.4 Å². The number of benzene rings is 2. The van der Waals surface area contributed by atoms with Gasteiger partial charge in [0.1, 0.15) is 10.7 Å². The normalized spacial score (nSPS) is 10.8. The molecule has 0 spiro atoms.